The number of ether oxygens (including phenoxy) is 3. The van der Waals surface area contributed by atoms with Crippen molar-refractivity contribution in [3.8, 4) is 17.2 Å². The molecule has 0 amide bonds. The molecule has 4 rings (SSSR count). The molecule has 0 atom stereocenters. The number of rotatable bonds is 14. The predicted molar refractivity (Wildman–Crippen MR) is 166 cm³/mol. The Labute approximate surface area is 240 Å². The van der Waals surface area contributed by atoms with E-state index >= 15 is 0 Å². The first-order valence-corrected chi connectivity index (χ1v) is 14.5. The molecule has 1 aliphatic carbocycles. The average molecular weight is 552 g/mol. The van der Waals surface area contributed by atoms with Crippen LogP contribution in [0.15, 0.2) is 36.4 Å². The second-order valence-electron chi connectivity index (χ2n) is 10.3. The lowest BCUT2D eigenvalue weighted by molar-refractivity contribution is 0.258. The van der Waals surface area contributed by atoms with Crippen LogP contribution < -0.4 is 29.7 Å². The third kappa shape index (κ3) is 7.90. The van der Waals surface area contributed by atoms with Crippen LogP contribution in [0, 0.1) is 5.92 Å². The predicted octanol–water partition coefficient (Wildman–Crippen LogP) is 6.68. The van der Waals surface area contributed by atoms with E-state index in [0.717, 1.165) is 71.6 Å². The number of hydrogen-bond acceptors (Lipinski definition) is 8. The zero-order chi connectivity index (χ0) is 27.6. The Kier molecular flexibility index (Phi) is 12.1. The molecule has 1 aromatic heterocycles. The Morgan fingerprint density at radius 1 is 0.850 bits per heavy atom. The first-order valence-electron chi connectivity index (χ1n) is 14.5. The normalized spacial score (nSPS) is 16.7. The van der Waals surface area contributed by atoms with Gasteiger partial charge in [0.15, 0.2) is 11.5 Å². The molecule has 8 heteroatoms. The van der Waals surface area contributed by atoms with Gasteiger partial charge in [-0.05, 0) is 83.5 Å². The summed E-state index contributed by atoms with van der Waals surface area (Å²) in [5.41, 5.74) is 2.08. The molecule has 1 saturated carbocycles. The minimum absolute atomic E-state index is 0. The molecular formula is C32H49N5O3. The van der Waals surface area contributed by atoms with Gasteiger partial charge in [-0.25, -0.2) is 4.98 Å². The summed E-state index contributed by atoms with van der Waals surface area (Å²) in [4.78, 5) is 11.7. The Hall–Kier alpha value is -3.26. The second kappa shape index (κ2) is 15.5. The third-order valence-electron chi connectivity index (χ3n) is 7.27. The molecule has 40 heavy (non-hydrogen) atoms. The first kappa shape index (κ1) is 31.3. The summed E-state index contributed by atoms with van der Waals surface area (Å²) in [7, 11) is 4.06. The van der Waals surface area contributed by atoms with Crippen molar-refractivity contribution in [1.82, 2.24) is 15.3 Å². The zero-order valence-electron chi connectivity index (χ0n) is 24.3. The lowest BCUT2D eigenvalue weighted by atomic mass is 9.84. The topological polar surface area (TPSA) is 80.8 Å². The van der Waals surface area contributed by atoms with E-state index in [4.69, 9.17) is 24.2 Å². The smallest absolute Gasteiger partial charge is 0.225 e. The third-order valence-corrected chi connectivity index (χ3v) is 7.27. The molecular weight excluding hydrogens is 502 g/mol. The number of nitrogens with zero attached hydrogens (tertiary/aromatic N) is 3. The molecule has 2 aromatic carbocycles. The van der Waals surface area contributed by atoms with Crippen molar-refractivity contribution in [2.75, 3.05) is 50.7 Å². The van der Waals surface area contributed by atoms with Gasteiger partial charge in [-0.3, -0.25) is 0 Å². The molecule has 1 fully saturated rings. The van der Waals surface area contributed by atoms with Crippen molar-refractivity contribution < 1.29 is 14.2 Å². The van der Waals surface area contributed by atoms with Crippen molar-refractivity contribution >= 4 is 22.7 Å². The van der Waals surface area contributed by atoms with E-state index in [9.17, 15) is 0 Å². The SMILES string of the molecule is C.CCOc1ccc(CNCCC2CCC(Nc3nc(N(C)C)c4ccccc4n3)CC2)c(OCC)c1OCC. The molecule has 3 aromatic rings. The van der Waals surface area contributed by atoms with Crippen molar-refractivity contribution in [3.63, 3.8) is 0 Å². The first-order chi connectivity index (χ1) is 19.0. The molecule has 0 saturated heterocycles. The maximum atomic E-state index is 5.99. The molecule has 1 aliphatic rings. The van der Waals surface area contributed by atoms with Crippen molar-refractivity contribution in [2.24, 2.45) is 5.92 Å². The van der Waals surface area contributed by atoms with Crippen molar-refractivity contribution in [1.29, 1.82) is 0 Å². The summed E-state index contributed by atoms with van der Waals surface area (Å²) in [6.45, 7) is 9.42. The van der Waals surface area contributed by atoms with Crippen LogP contribution in [0.25, 0.3) is 10.9 Å². The van der Waals surface area contributed by atoms with Gasteiger partial charge in [0.05, 0.1) is 25.3 Å². The molecule has 0 unspecified atom stereocenters. The molecule has 0 bridgehead atoms. The molecule has 0 radical (unpaired) electrons. The highest BCUT2D eigenvalue weighted by Gasteiger charge is 2.22. The van der Waals surface area contributed by atoms with Gasteiger partial charge in [0.2, 0.25) is 11.7 Å². The van der Waals surface area contributed by atoms with Gasteiger partial charge in [-0.1, -0.05) is 25.6 Å². The van der Waals surface area contributed by atoms with Crippen molar-refractivity contribution in [3.05, 3.63) is 42.0 Å². The van der Waals surface area contributed by atoms with Gasteiger partial charge >= 0.3 is 0 Å². The quantitative estimate of drug-likeness (QED) is 0.215. The van der Waals surface area contributed by atoms with E-state index in [1.807, 2.05) is 53.1 Å². The van der Waals surface area contributed by atoms with Crippen LogP contribution in [0.3, 0.4) is 0 Å². The molecule has 1 heterocycles. The number of para-hydroxylation sites is 1. The van der Waals surface area contributed by atoms with Crippen molar-refractivity contribution in [2.45, 2.75) is 72.9 Å². The van der Waals surface area contributed by atoms with Gasteiger partial charge in [-0.2, -0.15) is 4.98 Å². The van der Waals surface area contributed by atoms with Crippen LogP contribution in [-0.4, -0.2) is 56.5 Å². The Morgan fingerprint density at radius 2 is 1.55 bits per heavy atom. The van der Waals surface area contributed by atoms with E-state index in [0.29, 0.717) is 31.6 Å². The van der Waals surface area contributed by atoms with Gasteiger partial charge in [0, 0.05) is 37.6 Å². The van der Waals surface area contributed by atoms with Gasteiger partial charge in [-0.15, -0.1) is 0 Å². The van der Waals surface area contributed by atoms with E-state index in [1.165, 1.54) is 19.3 Å². The minimum atomic E-state index is 0. The summed E-state index contributed by atoms with van der Waals surface area (Å²) < 4.78 is 17.7. The fourth-order valence-electron chi connectivity index (χ4n) is 5.35. The van der Waals surface area contributed by atoms with E-state index in [1.54, 1.807) is 0 Å². The molecule has 8 nitrogen and oxygen atoms in total. The van der Waals surface area contributed by atoms with Crippen LogP contribution in [0.5, 0.6) is 17.2 Å². The summed E-state index contributed by atoms with van der Waals surface area (Å²) in [6, 6.07) is 12.7. The summed E-state index contributed by atoms with van der Waals surface area (Å²) in [6.07, 6.45) is 5.89. The van der Waals surface area contributed by atoms with Crippen LogP contribution in [-0.2, 0) is 6.54 Å². The van der Waals surface area contributed by atoms with Crippen LogP contribution in [0.2, 0.25) is 0 Å². The Bertz CT molecular complexity index is 1190. The maximum Gasteiger partial charge on any atom is 0.225 e. The lowest BCUT2D eigenvalue weighted by Crippen LogP contribution is -2.28. The van der Waals surface area contributed by atoms with Gasteiger partial charge in [0.25, 0.3) is 0 Å². The fourth-order valence-corrected chi connectivity index (χ4v) is 5.35. The average Bonchev–Trinajstić information content (AvgIpc) is 2.94. The number of hydrogen-bond donors (Lipinski definition) is 2. The Morgan fingerprint density at radius 3 is 2.25 bits per heavy atom. The standard InChI is InChI=1S/C31H45N5O3.CH4/c1-6-37-27-18-15-23(28(38-7-2)29(27)39-8-3)21-32-20-19-22-13-16-24(17-14-22)33-31-34-26-12-10-9-11-25(26)30(35-31)36(4)5;/h9-12,15,18,22,24,32H,6-8,13-14,16-17,19-21H2,1-5H3,(H,33,34,35);1H4. The highest BCUT2D eigenvalue weighted by atomic mass is 16.5. The number of fused-ring (bicyclic) bond motifs is 1. The zero-order valence-corrected chi connectivity index (χ0v) is 24.3. The van der Waals surface area contributed by atoms with Crippen LogP contribution in [0.4, 0.5) is 11.8 Å². The molecule has 0 spiro atoms. The van der Waals surface area contributed by atoms with Gasteiger partial charge in [0.1, 0.15) is 5.82 Å². The largest absolute Gasteiger partial charge is 0.490 e. The minimum Gasteiger partial charge on any atom is -0.490 e. The van der Waals surface area contributed by atoms with E-state index < -0.39 is 0 Å². The summed E-state index contributed by atoms with van der Waals surface area (Å²) in [5.74, 6) is 4.66. The molecule has 0 aliphatic heterocycles. The lowest BCUT2D eigenvalue weighted by Gasteiger charge is -2.29. The summed E-state index contributed by atoms with van der Waals surface area (Å²) >= 11 is 0. The monoisotopic (exact) mass is 551 g/mol. The van der Waals surface area contributed by atoms with Crippen LogP contribution in [0.1, 0.15) is 65.9 Å². The fraction of sp³-hybridized carbons (Fsp3) is 0.562. The van der Waals surface area contributed by atoms with E-state index in [2.05, 4.69) is 33.7 Å². The van der Waals surface area contributed by atoms with Gasteiger partial charge < -0.3 is 29.7 Å². The highest BCUT2D eigenvalue weighted by molar-refractivity contribution is 5.90. The molecule has 220 valence electrons. The maximum absolute atomic E-state index is 5.99. The Balaban J connectivity index is 0.00000441. The van der Waals surface area contributed by atoms with Crippen LogP contribution >= 0.6 is 0 Å². The number of aromatic nitrogens is 2. The summed E-state index contributed by atoms with van der Waals surface area (Å²) in [5, 5.41) is 8.34. The number of benzene rings is 2. The number of nitrogens with one attached hydrogen (secondary N) is 2. The van der Waals surface area contributed by atoms with E-state index in [-0.39, 0.29) is 7.43 Å². The second-order valence-corrected chi connectivity index (χ2v) is 10.3. The highest BCUT2D eigenvalue weighted by Crippen LogP contribution is 2.40. The number of anilines is 2. The molecule has 2 N–H and O–H groups in total.